The van der Waals surface area contributed by atoms with Crippen LogP contribution in [0.1, 0.15) is 25.7 Å². The molecule has 0 aliphatic rings. The van der Waals surface area contributed by atoms with E-state index < -0.39 is 11.9 Å². The molecule has 0 unspecified atom stereocenters. The second kappa shape index (κ2) is 4.96. The molecule has 8 heteroatoms. The van der Waals surface area contributed by atoms with Crippen molar-refractivity contribution in [2.75, 3.05) is 12.4 Å². The van der Waals surface area contributed by atoms with Crippen LogP contribution in [0.4, 0.5) is 5.69 Å². The summed E-state index contributed by atoms with van der Waals surface area (Å²) in [4.78, 5) is 23.7. The molecule has 2 N–H and O–H groups in total. The third-order valence-electron chi connectivity index (χ3n) is 2.23. The zero-order chi connectivity index (χ0) is 13.1. The number of hydrogen-bond acceptors (Lipinski definition) is 6. The van der Waals surface area contributed by atoms with Gasteiger partial charge >= 0.3 is 5.97 Å². The van der Waals surface area contributed by atoms with Gasteiger partial charge in [-0.3, -0.25) is 4.79 Å². The number of nitrogens with zero attached hydrogens (tertiary/aromatic N) is 2. The molecular formula is C10H10N4O3S. The second-order valence-electron chi connectivity index (χ2n) is 3.42. The van der Waals surface area contributed by atoms with Gasteiger partial charge in [-0.15, -0.1) is 11.3 Å². The van der Waals surface area contributed by atoms with Crippen LogP contribution in [0, 0.1) is 6.92 Å². The number of aromatic nitrogens is 3. The lowest BCUT2D eigenvalue weighted by atomic mass is 10.2. The molecule has 94 valence electrons. The van der Waals surface area contributed by atoms with Gasteiger partial charge < -0.3 is 10.1 Å². The largest absolute Gasteiger partial charge is 0.465 e. The molecule has 1 amide bonds. The first-order valence-corrected chi connectivity index (χ1v) is 5.85. The third-order valence-corrected chi connectivity index (χ3v) is 3.31. The van der Waals surface area contributed by atoms with E-state index in [0.29, 0.717) is 10.6 Å². The smallest absolute Gasteiger partial charge is 0.350 e. The predicted octanol–water partition coefficient (Wildman–Crippen LogP) is 1.21. The van der Waals surface area contributed by atoms with Gasteiger partial charge in [-0.25, -0.2) is 4.79 Å². The maximum absolute atomic E-state index is 11.8. The molecule has 2 aromatic heterocycles. The third kappa shape index (κ3) is 2.23. The number of nitrogens with one attached hydrogen (secondary N) is 2. The molecule has 0 atom stereocenters. The summed E-state index contributed by atoms with van der Waals surface area (Å²) in [6.45, 7) is 1.79. The maximum Gasteiger partial charge on any atom is 0.350 e. The number of anilines is 1. The number of hydrogen-bond donors (Lipinski definition) is 2. The molecule has 0 aromatic carbocycles. The number of carbonyl (C=O) groups excluding carboxylic acids is 2. The number of aromatic amines is 1. The van der Waals surface area contributed by atoms with Crippen molar-refractivity contribution < 1.29 is 14.3 Å². The fourth-order valence-electron chi connectivity index (χ4n) is 1.33. The van der Waals surface area contributed by atoms with E-state index in [2.05, 4.69) is 25.5 Å². The number of H-pyrrole nitrogens is 1. The Balaban J connectivity index is 2.26. The van der Waals surface area contributed by atoms with E-state index in [0.717, 1.165) is 5.56 Å². The maximum atomic E-state index is 11.8. The number of rotatable bonds is 3. The molecule has 0 saturated carbocycles. The van der Waals surface area contributed by atoms with Crippen LogP contribution in [0.25, 0.3) is 0 Å². The van der Waals surface area contributed by atoms with Crippen molar-refractivity contribution in [1.29, 1.82) is 0 Å². The summed E-state index contributed by atoms with van der Waals surface area (Å²) in [5.41, 5.74) is 1.38. The Kier molecular flexibility index (Phi) is 3.38. The fourth-order valence-corrected chi connectivity index (χ4v) is 2.25. The van der Waals surface area contributed by atoms with Crippen molar-refractivity contribution in [1.82, 2.24) is 15.4 Å². The van der Waals surface area contributed by atoms with Crippen molar-refractivity contribution in [2.24, 2.45) is 0 Å². The van der Waals surface area contributed by atoms with E-state index in [9.17, 15) is 9.59 Å². The number of thiophene rings is 1. The number of aryl methyl sites for hydroxylation is 1. The number of esters is 1. The minimum atomic E-state index is -0.483. The monoisotopic (exact) mass is 266 g/mol. The minimum absolute atomic E-state index is 0.149. The van der Waals surface area contributed by atoms with Crippen LogP contribution in [0.3, 0.4) is 0 Å². The van der Waals surface area contributed by atoms with Gasteiger partial charge in [0.15, 0.2) is 5.69 Å². The van der Waals surface area contributed by atoms with E-state index in [1.54, 1.807) is 12.3 Å². The molecule has 0 aliphatic carbocycles. The van der Waals surface area contributed by atoms with Gasteiger partial charge in [0.1, 0.15) is 4.88 Å². The molecule has 2 aromatic rings. The number of carbonyl (C=O) groups is 2. The summed E-state index contributed by atoms with van der Waals surface area (Å²) < 4.78 is 4.65. The van der Waals surface area contributed by atoms with Crippen LogP contribution >= 0.6 is 11.3 Å². The Hall–Kier alpha value is -2.22. The van der Waals surface area contributed by atoms with Crippen LogP contribution in [-0.4, -0.2) is 34.4 Å². The lowest BCUT2D eigenvalue weighted by Gasteiger charge is -2.05. The Labute approximate surface area is 106 Å². The molecule has 7 nitrogen and oxygen atoms in total. The lowest BCUT2D eigenvalue weighted by molar-refractivity contribution is 0.0607. The van der Waals surface area contributed by atoms with Gasteiger partial charge in [-0.05, 0) is 17.9 Å². The van der Waals surface area contributed by atoms with Crippen molar-refractivity contribution in [3.8, 4) is 0 Å². The van der Waals surface area contributed by atoms with Crippen molar-refractivity contribution in [3.05, 3.63) is 27.7 Å². The number of amides is 1. The average Bonchev–Trinajstić information content (AvgIpc) is 2.99. The summed E-state index contributed by atoms with van der Waals surface area (Å²) in [5, 5.41) is 13.9. The molecule has 0 bridgehead atoms. The summed E-state index contributed by atoms with van der Waals surface area (Å²) in [6.07, 6.45) is 1.30. The fraction of sp³-hybridized carbons (Fsp3) is 0.200. The Morgan fingerprint density at radius 1 is 1.50 bits per heavy atom. The normalized spacial score (nSPS) is 10.1. The van der Waals surface area contributed by atoms with E-state index in [1.165, 1.54) is 24.6 Å². The van der Waals surface area contributed by atoms with Crippen LogP contribution in [-0.2, 0) is 4.74 Å². The van der Waals surface area contributed by atoms with E-state index in [4.69, 9.17) is 0 Å². The van der Waals surface area contributed by atoms with Gasteiger partial charge in [-0.2, -0.15) is 15.4 Å². The first-order chi connectivity index (χ1) is 8.63. The first-order valence-electron chi connectivity index (χ1n) is 4.97. The van der Waals surface area contributed by atoms with E-state index in [-0.39, 0.29) is 5.69 Å². The zero-order valence-electron chi connectivity index (χ0n) is 9.68. The number of ether oxygens (including phenoxy) is 1. The standard InChI is InChI=1S/C10H10N4O3S/c1-5-4-18-8(10(16)17-2)7(5)12-9(15)6-3-11-14-13-6/h3-4H,1-2H3,(H,12,15)(H,11,13,14). The summed E-state index contributed by atoms with van der Waals surface area (Å²) in [5.74, 6) is -0.918. The summed E-state index contributed by atoms with van der Waals surface area (Å²) >= 11 is 1.21. The molecule has 0 spiro atoms. The van der Waals surface area contributed by atoms with Crippen LogP contribution in [0.15, 0.2) is 11.6 Å². The number of methoxy groups -OCH3 is 1. The van der Waals surface area contributed by atoms with Crippen molar-refractivity contribution in [2.45, 2.75) is 6.92 Å². The van der Waals surface area contributed by atoms with Gasteiger partial charge in [0.05, 0.1) is 19.0 Å². The molecule has 0 fully saturated rings. The highest BCUT2D eigenvalue weighted by molar-refractivity contribution is 7.12. The molecule has 0 aliphatic heterocycles. The second-order valence-corrected chi connectivity index (χ2v) is 4.30. The lowest BCUT2D eigenvalue weighted by Crippen LogP contribution is -2.15. The molecular weight excluding hydrogens is 256 g/mol. The first kappa shape index (κ1) is 12.2. The van der Waals surface area contributed by atoms with Gasteiger partial charge in [0.25, 0.3) is 5.91 Å². The zero-order valence-corrected chi connectivity index (χ0v) is 10.5. The summed E-state index contributed by atoms with van der Waals surface area (Å²) in [7, 11) is 1.29. The Morgan fingerprint density at radius 2 is 2.28 bits per heavy atom. The van der Waals surface area contributed by atoms with E-state index in [1.807, 2.05) is 0 Å². The Bertz CT molecular complexity index is 576. The molecule has 0 saturated heterocycles. The topological polar surface area (TPSA) is 97.0 Å². The van der Waals surface area contributed by atoms with Crippen molar-refractivity contribution >= 4 is 28.9 Å². The molecule has 2 rings (SSSR count). The van der Waals surface area contributed by atoms with Gasteiger partial charge in [0, 0.05) is 0 Å². The van der Waals surface area contributed by atoms with Crippen LogP contribution in [0.2, 0.25) is 0 Å². The SMILES string of the molecule is COC(=O)c1scc(C)c1NC(=O)c1cn[nH]n1. The highest BCUT2D eigenvalue weighted by atomic mass is 32.1. The highest BCUT2D eigenvalue weighted by Crippen LogP contribution is 2.28. The minimum Gasteiger partial charge on any atom is -0.465 e. The van der Waals surface area contributed by atoms with Gasteiger partial charge in [0.2, 0.25) is 0 Å². The molecule has 18 heavy (non-hydrogen) atoms. The highest BCUT2D eigenvalue weighted by Gasteiger charge is 2.19. The molecule has 2 heterocycles. The van der Waals surface area contributed by atoms with Gasteiger partial charge in [-0.1, -0.05) is 0 Å². The summed E-state index contributed by atoms with van der Waals surface area (Å²) in [6, 6.07) is 0. The quantitative estimate of drug-likeness (QED) is 0.814. The Morgan fingerprint density at radius 3 is 2.89 bits per heavy atom. The molecule has 0 radical (unpaired) electrons. The van der Waals surface area contributed by atoms with Crippen molar-refractivity contribution in [3.63, 3.8) is 0 Å². The predicted molar refractivity (Wildman–Crippen MR) is 64.7 cm³/mol. The van der Waals surface area contributed by atoms with Crippen LogP contribution in [0.5, 0.6) is 0 Å². The van der Waals surface area contributed by atoms with E-state index >= 15 is 0 Å². The average molecular weight is 266 g/mol. The van der Waals surface area contributed by atoms with Crippen LogP contribution < -0.4 is 5.32 Å².